The van der Waals surface area contributed by atoms with Gasteiger partial charge in [0, 0.05) is 6.42 Å². The fourth-order valence-corrected chi connectivity index (χ4v) is 3.57. The van der Waals surface area contributed by atoms with Crippen LogP contribution in [0.3, 0.4) is 0 Å². The third-order valence-electron chi connectivity index (χ3n) is 5.56. The first kappa shape index (κ1) is 27.2. The van der Waals surface area contributed by atoms with Gasteiger partial charge in [-0.15, -0.1) is 0 Å². The molecule has 0 aliphatic carbocycles. The standard InChI is InChI=1S/C30H31NO6/c1-36-26-15-11-22(12-16-26)7-4-2-3-5-20-37-28-18-14-25(31-27(28)17-19-29(32)33)13-10-23-8-6-9-24(21-23)30(34)35/h4,6-16,18,21H,2-3,5,17,19-20H2,1H3,(H,32,33)(H,34,35). The number of aryl methyl sites for hydroxylation is 1. The molecule has 0 fully saturated rings. The Morgan fingerprint density at radius 1 is 0.919 bits per heavy atom. The lowest BCUT2D eigenvalue weighted by molar-refractivity contribution is -0.136. The van der Waals surface area contributed by atoms with E-state index in [-0.39, 0.29) is 18.4 Å². The molecule has 0 unspecified atom stereocenters. The van der Waals surface area contributed by atoms with Crippen molar-refractivity contribution < 1.29 is 29.3 Å². The summed E-state index contributed by atoms with van der Waals surface area (Å²) in [4.78, 5) is 26.9. The molecule has 0 spiro atoms. The van der Waals surface area contributed by atoms with Crippen LogP contribution in [0.5, 0.6) is 11.5 Å². The molecule has 1 aromatic heterocycles. The first-order chi connectivity index (χ1) is 17.9. The summed E-state index contributed by atoms with van der Waals surface area (Å²) in [6.07, 6.45) is 10.7. The molecule has 7 heteroatoms. The van der Waals surface area contributed by atoms with E-state index < -0.39 is 11.9 Å². The average molecular weight is 502 g/mol. The zero-order valence-electron chi connectivity index (χ0n) is 20.8. The summed E-state index contributed by atoms with van der Waals surface area (Å²) < 4.78 is 11.1. The van der Waals surface area contributed by atoms with Crippen molar-refractivity contribution in [2.24, 2.45) is 0 Å². The number of carboxylic acid groups (broad SMARTS) is 2. The average Bonchev–Trinajstić information content (AvgIpc) is 2.91. The van der Waals surface area contributed by atoms with Crippen LogP contribution < -0.4 is 9.47 Å². The first-order valence-electron chi connectivity index (χ1n) is 12.1. The van der Waals surface area contributed by atoms with Crippen molar-refractivity contribution in [2.45, 2.75) is 32.1 Å². The van der Waals surface area contributed by atoms with Crippen LogP contribution in [0.4, 0.5) is 0 Å². The Labute approximate surface area is 216 Å². The van der Waals surface area contributed by atoms with Gasteiger partial charge in [0.1, 0.15) is 11.5 Å². The van der Waals surface area contributed by atoms with Crippen LogP contribution in [0.2, 0.25) is 0 Å². The van der Waals surface area contributed by atoms with Crippen molar-refractivity contribution in [2.75, 3.05) is 13.7 Å². The Hall–Kier alpha value is -4.39. The third kappa shape index (κ3) is 9.29. The van der Waals surface area contributed by atoms with Crippen LogP contribution in [0.15, 0.2) is 66.7 Å². The topological polar surface area (TPSA) is 106 Å². The highest BCUT2D eigenvalue weighted by Crippen LogP contribution is 2.21. The number of hydrogen-bond donors (Lipinski definition) is 2. The van der Waals surface area contributed by atoms with Gasteiger partial charge in [-0.1, -0.05) is 42.5 Å². The maximum atomic E-state index is 11.2. The minimum absolute atomic E-state index is 0.0483. The Balaban J connectivity index is 1.55. The molecule has 0 saturated heterocycles. The molecule has 0 saturated carbocycles. The lowest BCUT2D eigenvalue weighted by atomic mass is 10.1. The molecule has 2 aromatic carbocycles. The van der Waals surface area contributed by atoms with Gasteiger partial charge in [-0.2, -0.15) is 0 Å². The molecule has 1 heterocycles. The predicted octanol–water partition coefficient (Wildman–Crippen LogP) is 6.24. The van der Waals surface area contributed by atoms with Gasteiger partial charge in [0.2, 0.25) is 0 Å². The lowest BCUT2D eigenvalue weighted by Gasteiger charge is -2.11. The third-order valence-corrected chi connectivity index (χ3v) is 5.56. The molecule has 0 aliphatic rings. The number of allylic oxidation sites excluding steroid dienone is 1. The molecule has 7 nitrogen and oxygen atoms in total. The van der Waals surface area contributed by atoms with E-state index in [1.807, 2.05) is 24.3 Å². The van der Waals surface area contributed by atoms with E-state index in [2.05, 4.69) is 17.1 Å². The Morgan fingerprint density at radius 3 is 2.46 bits per heavy atom. The quantitative estimate of drug-likeness (QED) is 0.252. The van der Waals surface area contributed by atoms with Gasteiger partial charge < -0.3 is 19.7 Å². The number of hydrogen-bond acceptors (Lipinski definition) is 5. The van der Waals surface area contributed by atoms with Gasteiger partial charge in [0.25, 0.3) is 0 Å². The van der Waals surface area contributed by atoms with Crippen molar-refractivity contribution in [3.05, 3.63) is 94.8 Å². The second kappa shape index (κ2) is 14.2. The lowest BCUT2D eigenvalue weighted by Crippen LogP contribution is -2.05. The van der Waals surface area contributed by atoms with Crippen LogP contribution in [0.1, 0.15) is 58.6 Å². The number of rotatable bonds is 14. The molecular formula is C30H31NO6. The van der Waals surface area contributed by atoms with Crippen LogP contribution in [-0.4, -0.2) is 40.9 Å². The van der Waals surface area contributed by atoms with E-state index in [1.54, 1.807) is 49.6 Å². The van der Waals surface area contributed by atoms with Gasteiger partial charge in [-0.25, -0.2) is 9.78 Å². The van der Waals surface area contributed by atoms with Gasteiger partial charge in [-0.05, 0) is 72.9 Å². The van der Waals surface area contributed by atoms with Gasteiger partial charge in [0.05, 0.1) is 37.1 Å². The molecule has 0 bridgehead atoms. The second-order valence-corrected chi connectivity index (χ2v) is 8.36. The molecule has 0 atom stereocenters. The summed E-state index contributed by atoms with van der Waals surface area (Å²) in [5.41, 5.74) is 3.28. The second-order valence-electron chi connectivity index (χ2n) is 8.36. The summed E-state index contributed by atoms with van der Waals surface area (Å²) in [5.74, 6) is -0.469. The number of carbonyl (C=O) groups is 2. The van der Waals surface area contributed by atoms with Crippen molar-refractivity contribution >= 4 is 30.2 Å². The van der Waals surface area contributed by atoms with E-state index in [0.29, 0.717) is 23.7 Å². The number of aliphatic carboxylic acids is 1. The first-order valence-corrected chi connectivity index (χ1v) is 12.1. The Morgan fingerprint density at radius 2 is 1.73 bits per heavy atom. The van der Waals surface area contributed by atoms with E-state index in [4.69, 9.17) is 19.7 Å². The van der Waals surface area contributed by atoms with E-state index >= 15 is 0 Å². The summed E-state index contributed by atoms with van der Waals surface area (Å²) in [6, 6.07) is 18.1. The zero-order chi connectivity index (χ0) is 26.5. The van der Waals surface area contributed by atoms with Crippen molar-refractivity contribution in [1.29, 1.82) is 0 Å². The molecule has 2 N–H and O–H groups in total. The van der Waals surface area contributed by atoms with Crippen LogP contribution in [0.25, 0.3) is 18.2 Å². The molecule has 192 valence electrons. The number of methoxy groups -OCH3 is 1. The van der Waals surface area contributed by atoms with E-state index in [0.717, 1.165) is 36.1 Å². The van der Waals surface area contributed by atoms with Crippen LogP contribution >= 0.6 is 0 Å². The van der Waals surface area contributed by atoms with Crippen LogP contribution in [-0.2, 0) is 11.2 Å². The van der Waals surface area contributed by atoms with Gasteiger partial charge in [-0.3, -0.25) is 4.79 Å². The monoisotopic (exact) mass is 501 g/mol. The molecular weight excluding hydrogens is 470 g/mol. The number of carboxylic acids is 2. The minimum atomic E-state index is -0.987. The van der Waals surface area contributed by atoms with Crippen molar-refractivity contribution in [3.8, 4) is 11.5 Å². The Bertz CT molecular complexity index is 1250. The van der Waals surface area contributed by atoms with Gasteiger partial charge in [0.15, 0.2) is 0 Å². The molecule has 3 rings (SSSR count). The number of benzene rings is 2. The number of aromatic carboxylic acids is 1. The smallest absolute Gasteiger partial charge is 0.335 e. The van der Waals surface area contributed by atoms with Crippen LogP contribution in [0, 0.1) is 0 Å². The number of unbranched alkanes of at least 4 members (excludes halogenated alkanes) is 2. The fraction of sp³-hybridized carbons (Fsp3) is 0.233. The summed E-state index contributed by atoms with van der Waals surface area (Å²) in [7, 11) is 1.65. The minimum Gasteiger partial charge on any atom is -0.497 e. The van der Waals surface area contributed by atoms with Gasteiger partial charge >= 0.3 is 11.9 Å². The number of nitrogens with zero attached hydrogens (tertiary/aromatic N) is 1. The molecule has 3 aromatic rings. The molecule has 37 heavy (non-hydrogen) atoms. The molecule has 0 radical (unpaired) electrons. The molecule has 0 aliphatic heterocycles. The maximum Gasteiger partial charge on any atom is 0.335 e. The highest BCUT2D eigenvalue weighted by molar-refractivity contribution is 5.88. The number of pyridine rings is 1. The van der Waals surface area contributed by atoms with Crippen molar-refractivity contribution in [1.82, 2.24) is 4.98 Å². The largest absolute Gasteiger partial charge is 0.497 e. The normalized spacial score (nSPS) is 11.2. The highest BCUT2D eigenvalue weighted by atomic mass is 16.5. The van der Waals surface area contributed by atoms with E-state index in [9.17, 15) is 9.59 Å². The summed E-state index contributed by atoms with van der Waals surface area (Å²) in [6.45, 7) is 0.509. The fourth-order valence-electron chi connectivity index (χ4n) is 3.57. The highest BCUT2D eigenvalue weighted by Gasteiger charge is 2.09. The Kier molecular flexibility index (Phi) is 10.5. The summed E-state index contributed by atoms with van der Waals surface area (Å²) >= 11 is 0. The SMILES string of the molecule is COc1ccc(C=CCCCCOc2ccc(C=Cc3cccc(C(=O)O)c3)nc2CCC(=O)O)cc1. The molecule has 0 amide bonds. The predicted molar refractivity (Wildman–Crippen MR) is 144 cm³/mol. The number of ether oxygens (including phenoxy) is 2. The maximum absolute atomic E-state index is 11.2. The van der Waals surface area contributed by atoms with E-state index in [1.165, 1.54) is 6.07 Å². The number of aromatic nitrogens is 1. The zero-order valence-corrected chi connectivity index (χ0v) is 20.8. The summed E-state index contributed by atoms with van der Waals surface area (Å²) in [5, 5.41) is 18.3. The van der Waals surface area contributed by atoms with Crippen molar-refractivity contribution in [3.63, 3.8) is 0 Å².